The molecule has 0 aromatic rings. The molecule has 0 fully saturated rings. The van der Waals surface area contributed by atoms with E-state index in [1.807, 2.05) is 6.08 Å². The van der Waals surface area contributed by atoms with Gasteiger partial charge >= 0.3 is 0 Å². The number of hydrogen-bond acceptors (Lipinski definition) is 0. The maximum atomic E-state index is 5.73. The van der Waals surface area contributed by atoms with Crippen molar-refractivity contribution in [2.45, 2.75) is 19.3 Å². The van der Waals surface area contributed by atoms with E-state index in [0.717, 1.165) is 23.4 Å². The highest BCUT2D eigenvalue weighted by molar-refractivity contribution is 6.31. The third-order valence-corrected chi connectivity index (χ3v) is 1.77. The predicted molar refractivity (Wildman–Crippen MR) is 36.9 cm³/mol. The van der Waals surface area contributed by atoms with E-state index in [1.165, 1.54) is 6.42 Å². The van der Waals surface area contributed by atoms with Crippen molar-refractivity contribution < 1.29 is 0 Å². The Balaban J connectivity index is 2.67. The summed E-state index contributed by atoms with van der Waals surface area (Å²) < 4.78 is 0. The van der Waals surface area contributed by atoms with Gasteiger partial charge in [0.15, 0.2) is 0 Å². The Morgan fingerprint density at radius 3 is 2.75 bits per heavy atom. The Kier molecular flexibility index (Phi) is 1.74. The van der Waals surface area contributed by atoms with Crippen LogP contribution >= 0.6 is 11.6 Å². The standard InChI is InChI=1S/C7H9Cl/c1-6-4-2-3-5-7(6)8/h5H,1-4H2. The number of hydrogen-bond donors (Lipinski definition) is 0. The van der Waals surface area contributed by atoms with Crippen molar-refractivity contribution in [1.29, 1.82) is 0 Å². The van der Waals surface area contributed by atoms with Crippen LogP contribution < -0.4 is 0 Å². The molecule has 0 aromatic carbocycles. The molecule has 1 rings (SSSR count). The summed E-state index contributed by atoms with van der Waals surface area (Å²) in [6.45, 7) is 3.79. The second kappa shape index (κ2) is 2.36. The van der Waals surface area contributed by atoms with Gasteiger partial charge < -0.3 is 0 Å². The first-order chi connectivity index (χ1) is 3.80. The normalized spacial score (nSPS) is 20.6. The minimum absolute atomic E-state index is 0.872. The lowest BCUT2D eigenvalue weighted by atomic mass is 10.0. The second-order valence-electron chi connectivity index (χ2n) is 2.05. The fraction of sp³-hybridized carbons (Fsp3) is 0.429. The molecule has 0 heterocycles. The molecular formula is C7H9Cl. The van der Waals surface area contributed by atoms with Gasteiger partial charge in [-0.25, -0.2) is 0 Å². The summed E-state index contributed by atoms with van der Waals surface area (Å²) >= 11 is 5.73. The van der Waals surface area contributed by atoms with Gasteiger partial charge in [0.25, 0.3) is 0 Å². The third kappa shape index (κ3) is 1.13. The Bertz CT molecular complexity index is 133. The fourth-order valence-corrected chi connectivity index (χ4v) is 1.01. The van der Waals surface area contributed by atoms with Gasteiger partial charge in [0, 0.05) is 5.03 Å². The Morgan fingerprint density at radius 2 is 2.38 bits per heavy atom. The highest BCUT2D eigenvalue weighted by Gasteiger charge is 2.02. The topological polar surface area (TPSA) is 0 Å². The van der Waals surface area contributed by atoms with E-state index in [9.17, 15) is 0 Å². The van der Waals surface area contributed by atoms with Gasteiger partial charge in [-0.3, -0.25) is 0 Å². The van der Waals surface area contributed by atoms with Crippen LogP contribution in [0.2, 0.25) is 0 Å². The molecule has 0 aromatic heterocycles. The molecule has 0 saturated heterocycles. The fourth-order valence-electron chi connectivity index (χ4n) is 0.808. The Morgan fingerprint density at radius 1 is 1.62 bits per heavy atom. The zero-order valence-corrected chi connectivity index (χ0v) is 5.54. The average molecular weight is 129 g/mol. The smallest absolute Gasteiger partial charge is 0.0392 e. The van der Waals surface area contributed by atoms with Gasteiger partial charge in [0.2, 0.25) is 0 Å². The minimum Gasteiger partial charge on any atom is -0.0944 e. The molecule has 44 valence electrons. The van der Waals surface area contributed by atoms with Crippen molar-refractivity contribution in [3.8, 4) is 0 Å². The Hall–Kier alpha value is -0.230. The number of allylic oxidation sites excluding steroid dienone is 3. The highest BCUT2D eigenvalue weighted by Crippen LogP contribution is 2.24. The van der Waals surface area contributed by atoms with E-state index in [4.69, 9.17) is 11.6 Å². The zero-order valence-electron chi connectivity index (χ0n) is 4.78. The first-order valence-electron chi connectivity index (χ1n) is 2.84. The molecule has 0 nitrogen and oxygen atoms in total. The SMILES string of the molecule is C=C1CCCC=C1Cl. The van der Waals surface area contributed by atoms with E-state index >= 15 is 0 Å². The van der Waals surface area contributed by atoms with E-state index < -0.39 is 0 Å². The average Bonchev–Trinajstić information content (AvgIpc) is 1.77. The molecule has 0 bridgehead atoms. The Labute approximate surface area is 54.8 Å². The molecule has 0 saturated carbocycles. The molecule has 0 unspecified atom stereocenters. The quantitative estimate of drug-likeness (QED) is 0.471. The lowest BCUT2D eigenvalue weighted by Crippen LogP contribution is -1.88. The summed E-state index contributed by atoms with van der Waals surface area (Å²) in [6.07, 6.45) is 5.45. The molecule has 0 aliphatic heterocycles. The van der Waals surface area contributed by atoms with Gasteiger partial charge in [-0.15, -0.1) is 0 Å². The van der Waals surface area contributed by atoms with Gasteiger partial charge in [0.05, 0.1) is 0 Å². The van der Waals surface area contributed by atoms with Crippen molar-refractivity contribution >= 4 is 11.6 Å². The van der Waals surface area contributed by atoms with Crippen LogP contribution in [0.25, 0.3) is 0 Å². The van der Waals surface area contributed by atoms with Crippen LogP contribution in [0.15, 0.2) is 23.3 Å². The molecular weight excluding hydrogens is 120 g/mol. The summed E-state index contributed by atoms with van der Waals surface area (Å²) in [5.74, 6) is 0. The van der Waals surface area contributed by atoms with E-state index in [1.54, 1.807) is 0 Å². The minimum atomic E-state index is 0.872. The van der Waals surface area contributed by atoms with Crippen LogP contribution in [-0.2, 0) is 0 Å². The van der Waals surface area contributed by atoms with Crippen LogP contribution in [0.3, 0.4) is 0 Å². The molecule has 1 aliphatic carbocycles. The second-order valence-corrected chi connectivity index (χ2v) is 2.46. The molecule has 0 spiro atoms. The van der Waals surface area contributed by atoms with Gasteiger partial charge in [-0.1, -0.05) is 24.3 Å². The first kappa shape index (κ1) is 5.90. The largest absolute Gasteiger partial charge is 0.0944 e. The summed E-state index contributed by atoms with van der Waals surface area (Å²) in [4.78, 5) is 0. The summed E-state index contributed by atoms with van der Waals surface area (Å²) in [7, 11) is 0. The van der Waals surface area contributed by atoms with Crippen LogP contribution in [0.1, 0.15) is 19.3 Å². The summed E-state index contributed by atoms with van der Waals surface area (Å²) in [6, 6.07) is 0. The monoisotopic (exact) mass is 128 g/mol. The van der Waals surface area contributed by atoms with Crippen molar-refractivity contribution in [2.75, 3.05) is 0 Å². The molecule has 1 aliphatic rings. The van der Waals surface area contributed by atoms with Gasteiger partial charge in [0.1, 0.15) is 0 Å². The number of halogens is 1. The van der Waals surface area contributed by atoms with E-state index in [0.29, 0.717) is 0 Å². The predicted octanol–water partition coefficient (Wildman–Crippen LogP) is 2.85. The van der Waals surface area contributed by atoms with Crippen LogP contribution in [0.4, 0.5) is 0 Å². The molecule has 0 amide bonds. The highest BCUT2D eigenvalue weighted by atomic mass is 35.5. The number of rotatable bonds is 0. The maximum Gasteiger partial charge on any atom is 0.0392 e. The lowest BCUT2D eigenvalue weighted by Gasteiger charge is -2.07. The third-order valence-electron chi connectivity index (χ3n) is 1.34. The van der Waals surface area contributed by atoms with Crippen molar-refractivity contribution in [1.82, 2.24) is 0 Å². The van der Waals surface area contributed by atoms with Crippen LogP contribution in [0.5, 0.6) is 0 Å². The molecule has 0 radical (unpaired) electrons. The van der Waals surface area contributed by atoms with Crippen molar-refractivity contribution in [3.63, 3.8) is 0 Å². The molecule has 0 N–H and O–H groups in total. The van der Waals surface area contributed by atoms with Crippen LogP contribution in [-0.4, -0.2) is 0 Å². The summed E-state index contributed by atoms with van der Waals surface area (Å²) in [5.41, 5.74) is 1.10. The van der Waals surface area contributed by atoms with E-state index in [-0.39, 0.29) is 0 Å². The lowest BCUT2D eigenvalue weighted by molar-refractivity contribution is 0.818. The zero-order chi connectivity index (χ0) is 5.98. The first-order valence-corrected chi connectivity index (χ1v) is 3.22. The maximum absolute atomic E-state index is 5.73. The van der Waals surface area contributed by atoms with E-state index in [2.05, 4.69) is 6.58 Å². The van der Waals surface area contributed by atoms with Crippen molar-refractivity contribution in [2.24, 2.45) is 0 Å². The molecule has 1 heteroatoms. The molecule has 8 heavy (non-hydrogen) atoms. The molecule has 0 atom stereocenters. The summed E-state index contributed by atoms with van der Waals surface area (Å²) in [5, 5.41) is 0.872. The van der Waals surface area contributed by atoms with Crippen molar-refractivity contribution in [3.05, 3.63) is 23.3 Å². The van der Waals surface area contributed by atoms with Gasteiger partial charge in [-0.05, 0) is 24.8 Å². The van der Waals surface area contributed by atoms with Crippen LogP contribution in [0, 0.1) is 0 Å². The van der Waals surface area contributed by atoms with Gasteiger partial charge in [-0.2, -0.15) is 0 Å².